The van der Waals surface area contributed by atoms with Gasteiger partial charge in [-0.1, -0.05) is 24.7 Å². The van der Waals surface area contributed by atoms with Crippen molar-refractivity contribution in [1.82, 2.24) is 5.32 Å². The average molecular weight is 258 g/mol. The summed E-state index contributed by atoms with van der Waals surface area (Å²) in [5.41, 5.74) is -0.710. The fourth-order valence-corrected chi connectivity index (χ4v) is 2.43. The van der Waals surface area contributed by atoms with Crippen molar-refractivity contribution < 1.29 is 10.0 Å². The number of thiophene rings is 1. The second-order valence-corrected chi connectivity index (χ2v) is 5.49. The van der Waals surface area contributed by atoms with Gasteiger partial charge in [-0.3, -0.25) is 10.1 Å². The highest BCUT2D eigenvalue weighted by molar-refractivity contribution is 7.15. The minimum atomic E-state index is -0.710. The van der Waals surface area contributed by atoms with Gasteiger partial charge in [-0.2, -0.15) is 0 Å². The van der Waals surface area contributed by atoms with Crippen LogP contribution in [0.4, 0.5) is 5.00 Å². The number of nitrogens with zero attached hydrogens (tertiary/aromatic N) is 1. The Morgan fingerprint density at radius 3 is 2.82 bits per heavy atom. The number of hydrogen-bond acceptors (Lipinski definition) is 5. The van der Waals surface area contributed by atoms with Crippen LogP contribution in [0, 0.1) is 10.1 Å². The molecule has 0 fully saturated rings. The zero-order valence-electron chi connectivity index (χ0n) is 10.1. The Labute approximate surface area is 105 Å². The maximum atomic E-state index is 10.5. The Bertz CT molecular complexity index is 377. The Balaban J connectivity index is 2.38. The lowest BCUT2D eigenvalue weighted by Gasteiger charge is -2.22. The van der Waals surface area contributed by atoms with Crippen molar-refractivity contribution in [2.24, 2.45) is 0 Å². The molecule has 0 aromatic carbocycles. The molecule has 1 heterocycles. The van der Waals surface area contributed by atoms with Crippen molar-refractivity contribution in [2.45, 2.75) is 38.8 Å². The predicted molar refractivity (Wildman–Crippen MR) is 68.2 cm³/mol. The summed E-state index contributed by atoms with van der Waals surface area (Å²) in [5, 5.41) is 23.7. The third kappa shape index (κ3) is 4.80. The lowest BCUT2D eigenvalue weighted by Crippen LogP contribution is -2.37. The van der Waals surface area contributed by atoms with E-state index in [2.05, 4.69) is 5.32 Å². The first-order valence-corrected chi connectivity index (χ1v) is 6.42. The van der Waals surface area contributed by atoms with E-state index in [1.165, 1.54) is 6.07 Å². The van der Waals surface area contributed by atoms with E-state index in [0.29, 0.717) is 13.1 Å². The highest BCUT2D eigenvalue weighted by Crippen LogP contribution is 2.23. The molecular weight excluding hydrogens is 240 g/mol. The third-order valence-electron chi connectivity index (χ3n) is 2.42. The molecule has 0 amide bonds. The van der Waals surface area contributed by atoms with Gasteiger partial charge in [-0.05, 0) is 19.4 Å². The smallest absolute Gasteiger partial charge is 0.324 e. The molecule has 17 heavy (non-hydrogen) atoms. The van der Waals surface area contributed by atoms with Crippen molar-refractivity contribution in [3.63, 3.8) is 0 Å². The molecule has 6 heteroatoms. The van der Waals surface area contributed by atoms with E-state index in [-0.39, 0.29) is 9.92 Å². The normalized spacial score (nSPS) is 14.5. The number of rotatable bonds is 7. The van der Waals surface area contributed by atoms with Gasteiger partial charge < -0.3 is 10.4 Å². The Hall–Kier alpha value is -0.980. The summed E-state index contributed by atoms with van der Waals surface area (Å²) in [6.45, 7) is 4.86. The highest BCUT2D eigenvalue weighted by atomic mass is 32.1. The van der Waals surface area contributed by atoms with Gasteiger partial charge in [-0.15, -0.1) is 0 Å². The molecule has 0 aliphatic heterocycles. The van der Waals surface area contributed by atoms with E-state index in [9.17, 15) is 15.2 Å². The van der Waals surface area contributed by atoms with E-state index in [1.54, 1.807) is 13.0 Å². The lowest BCUT2D eigenvalue weighted by atomic mass is 10.0. The molecule has 1 atom stereocenters. The molecule has 5 nitrogen and oxygen atoms in total. The van der Waals surface area contributed by atoms with Crippen LogP contribution in [0.5, 0.6) is 0 Å². The summed E-state index contributed by atoms with van der Waals surface area (Å²) < 4.78 is 0. The zero-order valence-corrected chi connectivity index (χ0v) is 10.9. The third-order valence-corrected chi connectivity index (χ3v) is 3.46. The minimum Gasteiger partial charge on any atom is -0.389 e. The Morgan fingerprint density at radius 2 is 2.29 bits per heavy atom. The molecule has 1 rings (SSSR count). The second kappa shape index (κ2) is 6.09. The number of hydrogen-bond donors (Lipinski definition) is 2. The number of aliphatic hydroxyl groups is 1. The van der Waals surface area contributed by atoms with Crippen LogP contribution in [0.1, 0.15) is 31.6 Å². The SMILES string of the molecule is CCCC(C)(O)CNCc1ccc([N+](=O)[O-])s1. The molecule has 1 aromatic rings. The van der Waals surface area contributed by atoms with E-state index in [0.717, 1.165) is 29.1 Å². The molecular formula is C11H18N2O3S. The molecule has 0 saturated carbocycles. The van der Waals surface area contributed by atoms with Gasteiger partial charge >= 0.3 is 5.00 Å². The van der Waals surface area contributed by atoms with Crippen LogP contribution in [0.2, 0.25) is 0 Å². The topological polar surface area (TPSA) is 75.4 Å². The van der Waals surface area contributed by atoms with Crippen molar-refractivity contribution in [1.29, 1.82) is 0 Å². The molecule has 0 aliphatic carbocycles. The van der Waals surface area contributed by atoms with Gasteiger partial charge in [0.25, 0.3) is 0 Å². The summed E-state index contributed by atoms with van der Waals surface area (Å²) in [6.07, 6.45) is 1.67. The van der Waals surface area contributed by atoms with Crippen LogP contribution >= 0.6 is 11.3 Å². The predicted octanol–water partition coefficient (Wildman–Crippen LogP) is 2.30. The summed E-state index contributed by atoms with van der Waals surface area (Å²) in [7, 11) is 0. The molecule has 1 unspecified atom stereocenters. The van der Waals surface area contributed by atoms with Crippen LogP contribution in [0.3, 0.4) is 0 Å². The fraction of sp³-hybridized carbons (Fsp3) is 0.636. The Kier molecular flexibility index (Phi) is 5.04. The molecule has 1 aromatic heterocycles. The van der Waals surface area contributed by atoms with Crippen LogP contribution < -0.4 is 5.32 Å². The van der Waals surface area contributed by atoms with Gasteiger partial charge in [0, 0.05) is 24.0 Å². The van der Waals surface area contributed by atoms with Crippen molar-refractivity contribution >= 4 is 16.3 Å². The standard InChI is InChI=1S/C11H18N2O3S/c1-3-6-11(2,14)8-12-7-9-4-5-10(17-9)13(15)16/h4-5,12,14H,3,6-8H2,1-2H3. The van der Waals surface area contributed by atoms with Crippen LogP contribution in [-0.2, 0) is 6.54 Å². The fourth-order valence-electron chi connectivity index (χ4n) is 1.64. The highest BCUT2D eigenvalue weighted by Gasteiger charge is 2.18. The quantitative estimate of drug-likeness (QED) is 0.581. The molecule has 0 aliphatic rings. The van der Waals surface area contributed by atoms with E-state index >= 15 is 0 Å². The van der Waals surface area contributed by atoms with Gasteiger partial charge in [0.05, 0.1) is 10.5 Å². The van der Waals surface area contributed by atoms with E-state index in [1.807, 2.05) is 6.92 Å². The lowest BCUT2D eigenvalue weighted by molar-refractivity contribution is -0.380. The summed E-state index contributed by atoms with van der Waals surface area (Å²) in [6, 6.07) is 3.25. The summed E-state index contributed by atoms with van der Waals surface area (Å²) in [4.78, 5) is 11.0. The maximum absolute atomic E-state index is 10.5. The van der Waals surface area contributed by atoms with E-state index < -0.39 is 5.60 Å². The molecule has 0 spiro atoms. The monoisotopic (exact) mass is 258 g/mol. The number of nitro groups is 1. The summed E-state index contributed by atoms with van der Waals surface area (Å²) in [5.74, 6) is 0. The first-order chi connectivity index (χ1) is 7.94. The first kappa shape index (κ1) is 14.1. The number of nitrogens with one attached hydrogen (secondary N) is 1. The van der Waals surface area contributed by atoms with Gasteiger partial charge in [0.2, 0.25) is 0 Å². The van der Waals surface area contributed by atoms with Gasteiger partial charge in [0.1, 0.15) is 0 Å². The van der Waals surface area contributed by atoms with Crippen molar-refractivity contribution in [3.8, 4) is 0 Å². The van der Waals surface area contributed by atoms with Crippen molar-refractivity contribution in [2.75, 3.05) is 6.54 Å². The molecule has 0 saturated heterocycles. The molecule has 0 bridgehead atoms. The second-order valence-electron chi connectivity index (χ2n) is 4.35. The zero-order chi connectivity index (χ0) is 12.9. The molecule has 0 radical (unpaired) electrons. The van der Waals surface area contributed by atoms with E-state index in [4.69, 9.17) is 0 Å². The first-order valence-electron chi connectivity index (χ1n) is 5.61. The van der Waals surface area contributed by atoms with Crippen LogP contribution in [-0.4, -0.2) is 22.2 Å². The summed E-state index contributed by atoms with van der Waals surface area (Å²) >= 11 is 1.16. The van der Waals surface area contributed by atoms with Crippen molar-refractivity contribution in [3.05, 3.63) is 27.1 Å². The molecule has 96 valence electrons. The van der Waals surface area contributed by atoms with Crippen LogP contribution in [0.15, 0.2) is 12.1 Å². The van der Waals surface area contributed by atoms with Crippen LogP contribution in [0.25, 0.3) is 0 Å². The minimum absolute atomic E-state index is 0.155. The van der Waals surface area contributed by atoms with Gasteiger partial charge in [-0.25, -0.2) is 0 Å². The average Bonchev–Trinajstić information content (AvgIpc) is 2.66. The van der Waals surface area contributed by atoms with Gasteiger partial charge in [0.15, 0.2) is 0 Å². The Morgan fingerprint density at radius 1 is 1.59 bits per heavy atom. The largest absolute Gasteiger partial charge is 0.389 e. The molecule has 2 N–H and O–H groups in total. The maximum Gasteiger partial charge on any atom is 0.324 e.